The molecule has 1 heterocycles. The van der Waals surface area contributed by atoms with Gasteiger partial charge in [-0.15, -0.1) is 5.10 Å². The Kier molecular flexibility index (Phi) is 2.53. The SMILES string of the molecule is COc1ccc(=O)n(CC(=O)C2CC2)n1. The summed E-state index contributed by atoms with van der Waals surface area (Å²) in [4.78, 5) is 22.8. The molecule has 5 heteroatoms. The van der Waals surface area contributed by atoms with Crippen LogP contribution in [0.5, 0.6) is 5.88 Å². The van der Waals surface area contributed by atoms with E-state index in [4.69, 9.17) is 4.74 Å². The summed E-state index contributed by atoms with van der Waals surface area (Å²) in [5, 5.41) is 3.90. The van der Waals surface area contributed by atoms with Crippen molar-refractivity contribution in [2.24, 2.45) is 5.92 Å². The maximum Gasteiger partial charge on any atom is 0.267 e. The molecule has 0 atom stereocenters. The fourth-order valence-electron chi connectivity index (χ4n) is 1.33. The Morgan fingerprint density at radius 3 is 2.93 bits per heavy atom. The van der Waals surface area contributed by atoms with Crippen LogP contribution in [0.2, 0.25) is 0 Å². The van der Waals surface area contributed by atoms with Crippen LogP contribution in [0.15, 0.2) is 16.9 Å². The molecule has 0 saturated heterocycles. The highest BCUT2D eigenvalue weighted by Gasteiger charge is 2.29. The van der Waals surface area contributed by atoms with Crippen molar-refractivity contribution in [3.63, 3.8) is 0 Å². The number of hydrogen-bond donors (Lipinski definition) is 0. The molecule has 0 aromatic carbocycles. The van der Waals surface area contributed by atoms with Crippen LogP contribution < -0.4 is 10.3 Å². The highest BCUT2D eigenvalue weighted by molar-refractivity contribution is 5.82. The Morgan fingerprint density at radius 2 is 2.33 bits per heavy atom. The quantitative estimate of drug-likeness (QED) is 0.710. The molecule has 0 bridgehead atoms. The largest absolute Gasteiger partial charge is 0.480 e. The molecule has 0 spiro atoms. The van der Waals surface area contributed by atoms with Gasteiger partial charge in [0, 0.05) is 18.1 Å². The van der Waals surface area contributed by atoms with Gasteiger partial charge in [0.2, 0.25) is 5.88 Å². The number of carbonyl (C=O) groups excluding carboxylic acids is 1. The van der Waals surface area contributed by atoms with Crippen LogP contribution >= 0.6 is 0 Å². The number of aromatic nitrogens is 2. The summed E-state index contributed by atoms with van der Waals surface area (Å²) in [6.07, 6.45) is 1.88. The number of ether oxygens (including phenoxy) is 1. The lowest BCUT2D eigenvalue weighted by atomic mass is 10.3. The first-order valence-corrected chi connectivity index (χ1v) is 4.85. The van der Waals surface area contributed by atoms with Gasteiger partial charge in [0.1, 0.15) is 6.54 Å². The molecule has 0 amide bonds. The number of ketones is 1. The zero-order valence-corrected chi connectivity index (χ0v) is 8.47. The Labute approximate surface area is 86.7 Å². The molecular formula is C10H12N2O3. The van der Waals surface area contributed by atoms with E-state index >= 15 is 0 Å². The second-order valence-corrected chi connectivity index (χ2v) is 3.61. The van der Waals surface area contributed by atoms with Crippen LogP contribution in [0.1, 0.15) is 12.8 Å². The Bertz CT molecular complexity index is 435. The van der Waals surface area contributed by atoms with Crippen LogP contribution in [-0.2, 0) is 11.3 Å². The van der Waals surface area contributed by atoms with Gasteiger partial charge >= 0.3 is 0 Å². The smallest absolute Gasteiger partial charge is 0.267 e. The molecule has 0 N–H and O–H groups in total. The molecule has 5 nitrogen and oxygen atoms in total. The Morgan fingerprint density at radius 1 is 1.60 bits per heavy atom. The summed E-state index contributed by atoms with van der Waals surface area (Å²) in [5.74, 6) is 0.570. The standard InChI is InChI=1S/C10H12N2O3/c1-15-9-4-5-10(14)12(11-9)6-8(13)7-2-3-7/h4-5,7H,2-3,6H2,1H3. The molecule has 1 aromatic rings. The van der Waals surface area contributed by atoms with Gasteiger partial charge in [-0.1, -0.05) is 0 Å². The van der Waals surface area contributed by atoms with Crippen molar-refractivity contribution in [1.29, 1.82) is 0 Å². The van der Waals surface area contributed by atoms with Crippen LogP contribution in [0.3, 0.4) is 0 Å². The minimum absolute atomic E-state index is 0.0562. The van der Waals surface area contributed by atoms with Gasteiger partial charge in [0.15, 0.2) is 5.78 Å². The molecule has 0 aliphatic heterocycles. The predicted molar refractivity (Wildman–Crippen MR) is 52.8 cm³/mol. The first kappa shape index (κ1) is 9.89. The Balaban J connectivity index is 2.18. The van der Waals surface area contributed by atoms with E-state index in [-0.39, 0.29) is 23.8 Å². The predicted octanol–water partition coefficient (Wildman–Crippen LogP) is 0.231. The van der Waals surface area contributed by atoms with E-state index in [1.54, 1.807) is 0 Å². The lowest BCUT2D eigenvalue weighted by Gasteiger charge is -2.04. The van der Waals surface area contributed by atoms with E-state index in [9.17, 15) is 9.59 Å². The summed E-state index contributed by atoms with van der Waals surface area (Å²) in [6, 6.07) is 2.84. The molecular weight excluding hydrogens is 196 g/mol. The molecule has 1 saturated carbocycles. The van der Waals surface area contributed by atoms with Gasteiger partial charge in [-0.25, -0.2) is 4.68 Å². The maximum atomic E-state index is 11.5. The van der Waals surface area contributed by atoms with Crippen LogP contribution in [0.4, 0.5) is 0 Å². The lowest BCUT2D eigenvalue weighted by molar-refractivity contribution is -0.121. The average molecular weight is 208 g/mol. The van der Waals surface area contributed by atoms with Crippen molar-refractivity contribution in [1.82, 2.24) is 9.78 Å². The minimum atomic E-state index is -0.273. The van der Waals surface area contributed by atoms with Crippen molar-refractivity contribution in [3.8, 4) is 5.88 Å². The van der Waals surface area contributed by atoms with E-state index < -0.39 is 0 Å². The van der Waals surface area contributed by atoms with Gasteiger partial charge in [0.05, 0.1) is 7.11 Å². The number of rotatable bonds is 4. The Hall–Kier alpha value is -1.65. The first-order chi connectivity index (χ1) is 7.20. The van der Waals surface area contributed by atoms with Gasteiger partial charge in [-0.05, 0) is 12.8 Å². The molecule has 2 rings (SSSR count). The zero-order chi connectivity index (χ0) is 10.8. The number of Topliss-reactive ketones (excluding diaryl/α,β-unsaturated/α-hetero) is 1. The monoisotopic (exact) mass is 208 g/mol. The van der Waals surface area contributed by atoms with Crippen LogP contribution in [0, 0.1) is 5.92 Å². The second-order valence-electron chi connectivity index (χ2n) is 3.61. The third-order valence-electron chi connectivity index (χ3n) is 2.39. The van der Waals surface area contributed by atoms with Crippen molar-refractivity contribution < 1.29 is 9.53 Å². The van der Waals surface area contributed by atoms with Crippen molar-refractivity contribution in [3.05, 3.63) is 22.5 Å². The van der Waals surface area contributed by atoms with Crippen molar-refractivity contribution >= 4 is 5.78 Å². The summed E-state index contributed by atoms with van der Waals surface area (Å²) >= 11 is 0. The fourth-order valence-corrected chi connectivity index (χ4v) is 1.33. The molecule has 1 aromatic heterocycles. The number of hydrogen-bond acceptors (Lipinski definition) is 4. The molecule has 0 radical (unpaired) electrons. The van der Waals surface area contributed by atoms with E-state index in [1.165, 1.54) is 19.2 Å². The normalized spacial score (nSPS) is 15.0. The highest BCUT2D eigenvalue weighted by Crippen LogP contribution is 2.29. The molecule has 15 heavy (non-hydrogen) atoms. The van der Waals surface area contributed by atoms with Crippen molar-refractivity contribution in [2.45, 2.75) is 19.4 Å². The number of methoxy groups -OCH3 is 1. The molecule has 1 aliphatic carbocycles. The lowest BCUT2D eigenvalue weighted by Crippen LogP contribution is -2.26. The fraction of sp³-hybridized carbons (Fsp3) is 0.500. The van der Waals surface area contributed by atoms with E-state index in [0.717, 1.165) is 17.5 Å². The first-order valence-electron chi connectivity index (χ1n) is 4.85. The molecule has 80 valence electrons. The molecule has 0 unspecified atom stereocenters. The summed E-state index contributed by atoms with van der Waals surface area (Å²) in [7, 11) is 1.47. The van der Waals surface area contributed by atoms with Crippen LogP contribution in [0.25, 0.3) is 0 Å². The summed E-state index contributed by atoms with van der Waals surface area (Å²) < 4.78 is 6.04. The average Bonchev–Trinajstić information content (AvgIpc) is 3.04. The maximum absolute atomic E-state index is 11.5. The topological polar surface area (TPSA) is 61.2 Å². The van der Waals surface area contributed by atoms with E-state index in [1.807, 2.05) is 0 Å². The van der Waals surface area contributed by atoms with Gasteiger partial charge in [0.25, 0.3) is 5.56 Å². The highest BCUT2D eigenvalue weighted by atomic mass is 16.5. The third kappa shape index (κ3) is 2.23. The summed E-state index contributed by atoms with van der Waals surface area (Å²) in [6.45, 7) is 0.0562. The second kappa shape index (κ2) is 3.84. The van der Waals surface area contributed by atoms with E-state index in [0.29, 0.717) is 5.88 Å². The number of carbonyl (C=O) groups is 1. The zero-order valence-electron chi connectivity index (χ0n) is 8.47. The summed E-state index contributed by atoms with van der Waals surface area (Å²) in [5.41, 5.74) is -0.273. The van der Waals surface area contributed by atoms with Crippen LogP contribution in [-0.4, -0.2) is 22.7 Å². The van der Waals surface area contributed by atoms with E-state index in [2.05, 4.69) is 5.10 Å². The van der Waals surface area contributed by atoms with Gasteiger partial charge in [-0.2, -0.15) is 0 Å². The molecule has 1 aliphatic rings. The van der Waals surface area contributed by atoms with Gasteiger partial charge in [-0.3, -0.25) is 9.59 Å². The minimum Gasteiger partial charge on any atom is -0.480 e. The van der Waals surface area contributed by atoms with Crippen molar-refractivity contribution in [2.75, 3.05) is 7.11 Å². The molecule has 1 fully saturated rings. The van der Waals surface area contributed by atoms with Gasteiger partial charge < -0.3 is 4.74 Å². The number of nitrogens with zero attached hydrogens (tertiary/aromatic N) is 2. The third-order valence-corrected chi connectivity index (χ3v) is 2.39.